The Hall–Kier alpha value is -4.03. The number of carbonyl (C=O) groups excluding carboxylic acids is 3. The Morgan fingerprint density at radius 2 is 1.08 bits per heavy atom. The molecule has 0 radical (unpaired) electrons. The second-order valence-corrected chi connectivity index (χ2v) is 16.9. The minimum Gasteiger partial charge on any atom is -0.465 e. The third kappa shape index (κ3) is 20.6. The van der Waals surface area contributed by atoms with E-state index >= 15 is 0 Å². The van der Waals surface area contributed by atoms with Gasteiger partial charge in [-0.25, -0.2) is 39.5 Å². The van der Waals surface area contributed by atoms with Gasteiger partial charge in [0.1, 0.15) is 16.1 Å². The SMILES string of the molecule is CC(C)COC(=O)C1CCN(c2nccc(Cl)n2)CC1.CC(C)COC(=O)N1CCN(c2ccnc(Cl)n2)CC1.CC(C)COC(=O)N1CCNCC1.Clc1ccnc(Cl)n1. The maximum atomic E-state index is 11.9. The number of piperazine rings is 2. The molecule has 6 rings (SSSR count). The first-order valence-electron chi connectivity index (χ1n) is 20.4. The molecule has 0 aromatic carbocycles. The van der Waals surface area contributed by atoms with Gasteiger partial charge in [-0.15, -0.1) is 0 Å². The van der Waals surface area contributed by atoms with Crippen molar-refractivity contribution < 1.29 is 28.6 Å². The van der Waals surface area contributed by atoms with E-state index in [2.05, 4.69) is 45.0 Å². The van der Waals surface area contributed by atoms with Crippen LogP contribution >= 0.6 is 46.4 Å². The Kier molecular flexibility index (Phi) is 23.4. The summed E-state index contributed by atoms with van der Waals surface area (Å²) in [6.45, 7) is 21.1. The van der Waals surface area contributed by atoms with Gasteiger partial charge in [-0.3, -0.25) is 4.79 Å². The third-order valence-corrected chi connectivity index (χ3v) is 9.59. The van der Waals surface area contributed by atoms with Crippen molar-refractivity contribution in [3.8, 4) is 0 Å². The molecular formula is C40H59Cl4N11O6. The van der Waals surface area contributed by atoms with Gasteiger partial charge in [0.2, 0.25) is 16.5 Å². The Labute approximate surface area is 379 Å². The molecule has 17 nitrogen and oxygen atoms in total. The number of esters is 1. The van der Waals surface area contributed by atoms with Gasteiger partial charge in [0.15, 0.2) is 0 Å². The van der Waals surface area contributed by atoms with Crippen LogP contribution in [0.15, 0.2) is 36.8 Å². The van der Waals surface area contributed by atoms with Gasteiger partial charge in [-0.2, -0.15) is 0 Å². The average Bonchev–Trinajstić information content (AvgIpc) is 3.25. The molecule has 61 heavy (non-hydrogen) atoms. The summed E-state index contributed by atoms with van der Waals surface area (Å²) in [5.41, 5.74) is 0. The van der Waals surface area contributed by atoms with Crippen molar-refractivity contribution in [2.24, 2.45) is 23.7 Å². The molecule has 2 amide bonds. The second kappa shape index (κ2) is 27.8. The normalized spacial score (nSPS) is 15.5. The minimum atomic E-state index is -0.237. The predicted molar refractivity (Wildman–Crippen MR) is 237 cm³/mol. The zero-order valence-corrected chi connectivity index (χ0v) is 38.8. The first kappa shape index (κ1) is 51.3. The van der Waals surface area contributed by atoms with Crippen LogP contribution in [0.1, 0.15) is 54.4 Å². The molecule has 0 unspecified atom stereocenters. The standard InChI is InChI=1S/C14H20ClN3O2.C13H19ClN4O2.C9H18N2O2.C4H2Cl2N2/c1-10(2)9-20-13(19)11-4-7-18(8-5-11)14-16-6-3-12(15)17-14;1-10(2)9-20-13(19)18-7-5-17(6-8-18)11-3-4-15-12(14)16-11;1-8(2)7-13-9(12)11-5-3-10-4-6-11;5-3-1-2-7-4(6)8-3/h3,6,10-11H,4-5,7-9H2,1-2H3;3-4,10H,5-9H2,1-2H3;8,10H,3-7H2,1-2H3;1-2H. The number of anilines is 2. The van der Waals surface area contributed by atoms with Gasteiger partial charge in [0.05, 0.1) is 25.7 Å². The Balaban J connectivity index is 0.000000228. The highest BCUT2D eigenvalue weighted by atomic mass is 35.5. The molecule has 3 aromatic heterocycles. The zero-order chi connectivity index (χ0) is 44.7. The molecule has 3 saturated heterocycles. The largest absolute Gasteiger partial charge is 0.465 e. The summed E-state index contributed by atoms with van der Waals surface area (Å²) in [6.07, 6.45) is 5.91. The van der Waals surface area contributed by atoms with Gasteiger partial charge in [0, 0.05) is 84.0 Å². The highest BCUT2D eigenvalue weighted by molar-refractivity contribution is 6.31. The quantitative estimate of drug-likeness (QED) is 0.0997. The Bertz CT molecular complexity index is 1660. The molecule has 3 aliphatic rings. The lowest BCUT2D eigenvalue weighted by Crippen LogP contribution is -2.49. The van der Waals surface area contributed by atoms with Crippen LogP contribution in [-0.4, -0.2) is 143 Å². The summed E-state index contributed by atoms with van der Waals surface area (Å²) in [5.74, 6) is 2.47. The van der Waals surface area contributed by atoms with Crippen molar-refractivity contribution in [1.82, 2.24) is 45.0 Å². The van der Waals surface area contributed by atoms with Gasteiger partial charge < -0.3 is 39.1 Å². The number of piperidine rings is 1. The first-order valence-corrected chi connectivity index (χ1v) is 21.9. The fraction of sp³-hybridized carbons (Fsp3) is 0.625. The number of nitrogens with zero attached hydrogens (tertiary/aromatic N) is 10. The monoisotopic (exact) mass is 929 g/mol. The highest BCUT2D eigenvalue weighted by Gasteiger charge is 2.28. The fourth-order valence-corrected chi connectivity index (χ4v) is 6.20. The first-order chi connectivity index (χ1) is 29.1. The molecule has 0 spiro atoms. The van der Waals surface area contributed by atoms with E-state index in [1.54, 1.807) is 34.3 Å². The van der Waals surface area contributed by atoms with Crippen molar-refractivity contribution in [2.45, 2.75) is 54.4 Å². The minimum absolute atomic E-state index is 0.0100. The van der Waals surface area contributed by atoms with Crippen molar-refractivity contribution in [3.05, 3.63) is 57.7 Å². The Morgan fingerprint density at radius 1 is 0.607 bits per heavy atom. The summed E-state index contributed by atoms with van der Waals surface area (Å²) >= 11 is 22.4. The van der Waals surface area contributed by atoms with Crippen LogP contribution in [0.3, 0.4) is 0 Å². The van der Waals surface area contributed by atoms with Crippen molar-refractivity contribution in [1.29, 1.82) is 0 Å². The number of ether oxygens (including phenoxy) is 3. The number of nitrogens with one attached hydrogen (secondary N) is 1. The van der Waals surface area contributed by atoms with Gasteiger partial charge in [-0.05, 0) is 72.0 Å². The van der Waals surface area contributed by atoms with E-state index in [4.69, 9.17) is 60.6 Å². The second-order valence-electron chi connectivity index (χ2n) is 15.4. The molecular weight excluding hydrogens is 872 g/mol. The average molecular weight is 932 g/mol. The van der Waals surface area contributed by atoms with E-state index < -0.39 is 0 Å². The van der Waals surface area contributed by atoms with Crippen LogP contribution < -0.4 is 15.1 Å². The van der Waals surface area contributed by atoms with Gasteiger partial charge in [-0.1, -0.05) is 64.7 Å². The number of rotatable bonds is 9. The predicted octanol–water partition coefficient (Wildman–Crippen LogP) is 7.06. The lowest BCUT2D eigenvalue weighted by Gasteiger charge is -2.34. The van der Waals surface area contributed by atoms with E-state index in [0.717, 1.165) is 57.9 Å². The maximum absolute atomic E-state index is 11.9. The number of amides is 2. The van der Waals surface area contributed by atoms with E-state index in [0.29, 0.717) is 80.0 Å². The molecule has 338 valence electrons. The lowest BCUT2D eigenvalue weighted by molar-refractivity contribution is -0.150. The van der Waals surface area contributed by atoms with Crippen LogP contribution in [0.25, 0.3) is 0 Å². The van der Waals surface area contributed by atoms with E-state index in [-0.39, 0.29) is 34.6 Å². The third-order valence-electron chi connectivity index (χ3n) is 8.80. The Morgan fingerprint density at radius 3 is 1.56 bits per heavy atom. The van der Waals surface area contributed by atoms with Crippen LogP contribution in [0.5, 0.6) is 0 Å². The molecule has 6 heterocycles. The van der Waals surface area contributed by atoms with E-state index in [1.165, 1.54) is 6.20 Å². The zero-order valence-electron chi connectivity index (χ0n) is 35.8. The summed E-state index contributed by atoms with van der Waals surface area (Å²) in [5, 5.41) is 4.40. The fourth-order valence-electron chi connectivity index (χ4n) is 5.60. The lowest BCUT2D eigenvalue weighted by atomic mass is 9.97. The molecule has 3 aliphatic heterocycles. The number of hydrogen-bond donors (Lipinski definition) is 1. The van der Waals surface area contributed by atoms with Crippen molar-refractivity contribution >= 4 is 76.3 Å². The maximum Gasteiger partial charge on any atom is 0.409 e. The molecule has 0 bridgehead atoms. The topological polar surface area (TPSA) is 181 Å². The summed E-state index contributed by atoms with van der Waals surface area (Å²) in [6, 6.07) is 5.03. The molecule has 21 heteroatoms. The van der Waals surface area contributed by atoms with E-state index in [1.807, 2.05) is 47.6 Å². The molecule has 1 N–H and O–H groups in total. The number of hydrogen-bond acceptors (Lipinski definition) is 15. The highest BCUT2D eigenvalue weighted by Crippen LogP contribution is 2.23. The van der Waals surface area contributed by atoms with Crippen LogP contribution in [0.2, 0.25) is 20.9 Å². The molecule has 3 fully saturated rings. The van der Waals surface area contributed by atoms with Crippen LogP contribution in [-0.2, 0) is 19.0 Å². The summed E-state index contributed by atoms with van der Waals surface area (Å²) in [7, 11) is 0. The van der Waals surface area contributed by atoms with E-state index in [9.17, 15) is 14.4 Å². The van der Waals surface area contributed by atoms with Gasteiger partial charge >= 0.3 is 18.2 Å². The van der Waals surface area contributed by atoms with Gasteiger partial charge in [0.25, 0.3) is 0 Å². The van der Waals surface area contributed by atoms with Crippen LogP contribution in [0, 0.1) is 23.7 Å². The molecule has 0 saturated carbocycles. The summed E-state index contributed by atoms with van der Waals surface area (Å²) in [4.78, 5) is 66.4. The molecule has 0 atom stereocenters. The molecule has 3 aromatic rings. The van der Waals surface area contributed by atoms with Crippen molar-refractivity contribution in [3.63, 3.8) is 0 Å². The van der Waals surface area contributed by atoms with Crippen molar-refractivity contribution in [2.75, 3.05) is 95.1 Å². The van der Waals surface area contributed by atoms with Crippen LogP contribution in [0.4, 0.5) is 21.4 Å². The smallest absolute Gasteiger partial charge is 0.409 e. The number of aromatic nitrogens is 6. The number of halogens is 4. The number of carbonyl (C=O) groups is 3. The summed E-state index contributed by atoms with van der Waals surface area (Å²) < 4.78 is 15.6. The molecule has 0 aliphatic carbocycles.